The van der Waals surface area contributed by atoms with Gasteiger partial charge in [0.1, 0.15) is 5.75 Å². The van der Waals surface area contributed by atoms with Crippen molar-refractivity contribution in [3.05, 3.63) is 29.8 Å². The number of hydrogen-bond donors (Lipinski definition) is 0. The monoisotopic (exact) mass is 190 g/mol. The highest BCUT2D eigenvalue weighted by Crippen LogP contribution is 2.30. The Labute approximate surface area is 81.7 Å². The Morgan fingerprint density at radius 1 is 1.14 bits per heavy atom. The van der Waals surface area contributed by atoms with Crippen molar-refractivity contribution in [2.24, 2.45) is 0 Å². The maximum atomic E-state index is 11.6. The van der Waals surface area contributed by atoms with E-state index in [1.165, 1.54) is 0 Å². The van der Waals surface area contributed by atoms with Gasteiger partial charge in [-0.15, -0.1) is 0 Å². The van der Waals surface area contributed by atoms with Crippen molar-refractivity contribution in [3.8, 4) is 5.75 Å². The zero-order chi connectivity index (χ0) is 10.3. The molecule has 1 aromatic carbocycles. The Hall–Kier alpha value is -1.64. The molecule has 3 nitrogen and oxygen atoms in total. The summed E-state index contributed by atoms with van der Waals surface area (Å²) in [6.07, 6.45) is 0. The first-order valence-electron chi connectivity index (χ1n) is 4.39. The molecule has 0 aromatic heterocycles. The van der Waals surface area contributed by atoms with Gasteiger partial charge in [0.25, 0.3) is 0 Å². The molecule has 1 aliphatic rings. The van der Waals surface area contributed by atoms with Crippen LogP contribution >= 0.6 is 0 Å². The third-order valence-corrected chi connectivity index (χ3v) is 2.25. The summed E-state index contributed by atoms with van der Waals surface area (Å²) >= 11 is 0. The Bertz CT molecular complexity index is 418. The second kappa shape index (κ2) is 2.67. The number of benzene rings is 1. The fraction of sp³-hybridized carbons (Fsp3) is 0.273. The summed E-state index contributed by atoms with van der Waals surface area (Å²) in [6, 6.07) is 6.79. The molecule has 0 N–H and O–H groups in total. The minimum atomic E-state index is -1.04. The van der Waals surface area contributed by atoms with Crippen molar-refractivity contribution in [2.45, 2.75) is 19.4 Å². The van der Waals surface area contributed by atoms with E-state index >= 15 is 0 Å². The number of rotatable bonds is 0. The molecule has 14 heavy (non-hydrogen) atoms. The molecule has 0 saturated carbocycles. The van der Waals surface area contributed by atoms with Crippen LogP contribution in [0.4, 0.5) is 0 Å². The molecule has 0 atom stereocenters. The van der Waals surface area contributed by atoms with Gasteiger partial charge in [-0.05, 0) is 26.0 Å². The number of para-hydroxylation sites is 1. The van der Waals surface area contributed by atoms with Gasteiger partial charge < -0.3 is 4.74 Å². The first-order chi connectivity index (χ1) is 6.52. The Morgan fingerprint density at radius 2 is 1.79 bits per heavy atom. The predicted octanol–water partition coefficient (Wildman–Crippen LogP) is 1.61. The Morgan fingerprint density at radius 3 is 2.50 bits per heavy atom. The van der Waals surface area contributed by atoms with Gasteiger partial charge in [-0.2, -0.15) is 0 Å². The normalized spacial score (nSPS) is 18.7. The van der Waals surface area contributed by atoms with Gasteiger partial charge in [0.2, 0.25) is 11.6 Å². The molecular formula is C11H10O3. The lowest BCUT2D eigenvalue weighted by atomic mass is 9.92. The molecule has 0 amide bonds. The van der Waals surface area contributed by atoms with E-state index in [0.29, 0.717) is 11.3 Å². The maximum absolute atomic E-state index is 11.6. The van der Waals surface area contributed by atoms with Gasteiger partial charge in [0, 0.05) is 0 Å². The van der Waals surface area contributed by atoms with E-state index in [-0.39, 0.29) is 0 Å². The summed E-state index contributed by atoms with van der Waals surface area (Å²) in [5, 5.41) is 0. The van der Waals surface area contributed by atoms with Crippen molar-refractivity contribution in [2.75, 3.05) is 0 Å². The van der Waals surface area contributed by atoms with E-state index in [4.69, 9.17) is 4.74 Å². The van der Waals surface area contributed by atoms with E-state index in [2.05, 4.69) is 0 Å². The van der Waals surface area contributed by atoms with Gasteiger partial charge in [0.05, 0.1) is 5.56 Å². The molecule has 2 rings (SSSR count). The quantitative estimate of drug-likeness (QED) is 0.584. The number of fused-ring (bicyclic) bond motifs is 1. The van der Waals surface area contributed by atoms with Crippen LogP contribution < -0.4 is 4.74 Å². The van der Waals surface area contributed by atoms with Gasteiger partial charge in [-0.1, -0.05) is 12.1 Å². The van der Waals surface area contributed by atoms with Crippen LogP contribution in [0, 0.1) is 0 Å². The van der Waals surface area contributed by atoms with Crippen molar-refractivity contribution in [1.29, 1.82) is 0 Å². The molecule has 0 radical (unpaired) electrons. The van der Waals surface area contributed by atoms with E-state index in [0.717, 1.165) is 0 Å². The summed E-state index contributed by atoms with van der Waals surface area (Å²) < 4.78 is 5.43. The van der Waals surface area contributed by atoms with Gasteiger partial charge in [0.15, 0.2) is 5.60 Å². The smallest absolute Gasteiger partial charge is 0.246 e. The standard InChI is InChI=1S/C11H10O3/c1-11(2)10(13)9(12)7-5-3-4-6-8(7)14-11/h3-6H,1-2H3. The van der Waals surface area contributed by atoms with E-state index in [1.54, 1.807) is 38.1 Å². The summed E-state index contributed by atoms with van der Waals surface area (Å²) in [4.78, 5) is 23.1. The van der Waals surface area contributed by atoms with E-state index < -0.39 is 17.2 Å². The van der Waals surface area contributed by atoms with Crippen LogP contribution in [0.2, 0.25) is 0 Å². The highest BCUT2D eigenvalue weighted by Gasteiger charge is 2.41. The minimum absolute atomic E-state index is 0.358. The highest BCUT2D eigenvalue weighted by molar-refractivity contribution is 6.47. The summed E-state index contributed by atoms with van der Waals surface area (Å²) in [6.45, 7) is 3.20. The number of hydrogen-bond acceptors (Lipinski definition) is 3. The molecule has 0 aliphatic carbocycles. The van der Waals surface area contributed by atoms with Crippen LogP contribution in [0.25, 0.3) is 0 Å². The highest BCUT2D eigenvalue weighted by atomic mass is 16.5. The molecule has 0 spiro atoms. The number of ether oxygens (including phenoxy) is 1. The topological polar surface area (TPSA) is 43.4 Å². The minimum Gasteiger partial charge on any atom is -0.479 e. The molecule has 72 valence electrons. The van der Waals surface area contributed by atoms with Crippen molar-refractivity contribution >= 4 is 11.6 Å². The number of carbonyl (C=O) groups is 2. The molecule has 1 aromatic rings. The number of carbonyl (C=O) groups excluding carboxylic acids is 2. The first-order valence-corrected chi connectivity index (χ1v) is 4.39. The third kappa shape index (κ3) is 1.13. The van der Waals surface area contributed by atoms with E-state index in [9.17, 15) is 9.59 Å². The fourth-order valence-electron chi connectivity index (χ4n) is 1.46. The second-order valence-electron chi connectivity index (χ2n) is 3.77. The maximum Gasteiger partial charge on any atom is 0.246 e. The zero-order valence-corrected chi connectivity index (χ0v) is 8.03. The first kappa shape index (κ1) is 8.94. The molecule has 0 unspecified atom stereocenters. The van der Waals surface area contributed by atoms with Crippen LogP contribution in [0.1, 0.15) is 24.2 Å². The lowest BCUT2D eigenvalue weighted by Crippen LogP contribution is -2.46. The van der Waals surface area contributed by atoms with Crippen LogP contribution in [-0.4, -0.2) is 17.2 Å². The van der Waals surface area contributed by atoms with Crippen molar-refractivity contribution < 1.29 is 14.3 Å². The summed E-state index contributed by atoms with van der Waals surface area (Å²) in [5.41, 5.74) is -0.678. The molecule has 3 heteroatoms. The van der Waals surface area contributed by atoms with Gasteiger partial charge in [-0.25, -0.2) is 0 Å². The predicted molar refractivity (Wildman–Crippen MR) is 50.5 cm³/mol. The fourth-order valence-corrected chi connectivity index (χ4v) is 1.46. The molecule has 0 bridgehead atoms. The van der Waals surface area contributed by atoms with Crippen molar-refractivity contribution in [1.82, 2.24) is 0 Å². The number of ketones is 2. The Kier molecular flexibility index (Phi) is 1.71. The molecule has 0 saturated heterocycles. The molecule has 0 fully saturated rings. The van der Waals surface area contributed by atoms with Crippen LogP contribution in [-0.2, 0) is 4.79 Å². The van der Waals surface area contributed by atoms with Gasteiger partial charge in [-0.3, -0.25) is 9.59 Å². The summed E-state index contributed by atoms with van der Waals surface area (Å²) in [5.74, 6) is -0.463. The third-order valence-electron chi connectivity index (χ3n) is 2.25. The largest absolute Gasteiger partial charge is 0.479 e. The van der Waals surface area contributed by atoms with Gasteiger partial charge >= 0.3 is 0 Å². The zero-order valence-electron chi connectivity index (χ0n) is 8.03. The average Bonchev–Trinajstić information content (AvgIpc) is 2.14. The Balaban J connectivity index is 2.59. The summed E-state index contributed by atoms with van der Waals surface area (Å²) in [7, 11) is 0. The molecular weight excluding hydrogens is 180 g/mol. The van der Waals surface area contributed by atoms with Crippen LogP contribution in [0.3, 0.4) is 0 Å². The molecule has 1 aliphatic heterocycles. The van der Waals surface area contributed by atoms with Crippen LogP contribution in [0.5, 0.6) is 5.75 Å². The lowest BCUT2D eigenvalue weighted by Gasteiger charge is -2.29. The SMILES string of the molecule is CC1(C)Oc2ccccc2C(=O)C1=O. The second-order valence-corrected chi connectivity index (χ2v) is 3.77. The van der Waals surface area contributed by atoms with Crippen molar-refractivity contribution in [3.63, 3.8) is 0 Å². The van der Waals surface area contributed by atoms with Crippen LogP contribution in [0.15, 0.2) is 24.3 Å². The lowest BCUT2D eigenvalue weighted by molar-refractivity contribution is -0.128. The van der Waals surface area contributed by atoms with E-state index in [1.807, 2.05) is 0 Å². The molecule has 1 heterocycles. The average molecular weight is 190 g/mol. The number of Topliss-reactive ketones (excluding diaryl/α,β-unsaturated/α-hetero) is 2.